The topological polar surface area (TPSA) is 82.6 Å². The monoisotopic (exact) mass is 321 g/mol. The lowest BCUT2D eigenvalue weighted by molar-refractivity contribution is 0.621. The van der Waals surface area contributed by atoms with Crippen LogP contribution >= 0.6 is 0 Å². The van der Waals surface area contributed by atoms with Crippen molar-refractivity contribution < 1.29 is 0 Å². The number of fused-ring (bicyclic) bond motifs is 1. The summed E-state index contributed by atoms with van der Waals surface area (Å²) in [4.78, 5) is 23.3. The van der Waals surface area contributed by atoms with Crippen LogP contribution < -0.4 is 10.2 Å². The summed E-state index contributed by atoms with van der Waals surface area (Å²) in [5.41, 5.74) is 3.27. The highest BCUT2D eigenvalue weighted by Gasteiger charge is 2.21. The summed E-state index contributed by atoms with van der Waals surface area (Å²) in [5.74, 6) is 2.63. The maximum atomic E-state index is 4.85. The lowest BCUT2D eigenvalue weighted by Gasteiger charge is -2.25. The Morgan fingerprint density at radius 1 is 1.17 bits per heavy atom. The second-order valence-electron chi connectivity index (χ2n) is 5.85. The van der Waals surface area contributed by atoms with E-state index in [9.17, 15) is 0 Å². The lowest BCUT2D eigenvalue weighted by Crippen LogP contribution is -2.29. The fourth-order valence-corrected chi connectivity index (χ4v) is 2.97. The number of nitrogens with zero attached hydrogens (tertiary/aromatic N) is 5. The van der Waals surface area contributed by atoms with Gasteiger partial charge in [0.2, 0.25) is 0 Å². The standard InChI is InChI=1S/C17H19N7/c1-24(11-15-20-8-9-21-15)17-13-4-7-19-10-14(13)22-16(23-17)12-2-5-18-6-3-12/h2-3,5-6,8-9,19H,4,7,10-11H2,1H3,(H,20,21). The quantitative estimate of drug-likeness (QED) is 0.758. The highest BCUT2D eigenvalue weighted by Crippen LogP contribution is 2.27. The number of nitrogens with one attached hydrogen (secondary N) is 2. The summed E-state index contributed by atoms with van der Waals surface area (Å²) < 4.78 is 0. The zero-order valence-corrected chi connectivity index (χ0v) is 13.5. The smallest absolute Gasteiger partial charge is 0.161 e. The maximum Gasteiger partial charge on any atom is 0.161 e. The van der Waals surface area contributed by atoms with E-state index in [4.69, 9.17) is 9.97 Å². The van der Waals surface area contributed by atoms with Crippen molar-refractivity contribution in [2.45, 2.75) is 19.5 Å². The van der Waals surface area contributed by atoms with Gasteiger partial charge in [-0.2, -0.15) is 0 Å². The van der Waals surface area contributed by atoms with E-state index < -0.39 is 0 Å². The Kier molecular flexibility index (Phi) is 3.92. The van der Waals surface area contributed by atoms with Gasteiger partial charge in [-0.3, -0.25) is 4.98 Å². The largest absolute Gasteiger partial charge is 0.352 e. The van der Waals surface area contributed by atoms with E-state index in [0.717, 1.165) is 48.2 Å². The third-order valence-corrected chi connectivity index (χ3v) is 4.16. The molecule has 0 amide bonds. The fraction of sp³-hybridized carbons (Fsp3) is 0.294. The molecule has 0 radical (unpaired) electrons. The highest BCUT2D eigenvalue weighted by atomic mass is 15.2. The predicted molar refractivity (Wildman–Crippen MR) is 91.4 cm³/mol. The van der Waals surface area contributed by atoms with Crippen LogP contribution in [0.2, 0.25) is 0 Å². The van der Waals surface area contributed by atoms with Gasteiger partial charge in [-0.1, -0.05) is 0 Å². The van der Waals surface area contributed by atoms with Crippen LogP contribution in [0.1, 0.15) is 17.1 Å². The molecule has 122 valence electrons. The first-order chi connectivity index (χ1) is 11.8. The van der Waals surface area contributed by atoms with Crippen LogP contribution in [0.4, 0.5) is 5.82 Å². The molecule has 3 aromatic heterocycles. The molecule has 3 aromatic rings. The fourth-order valence-electron chi connectivity index (χ4n) is 2.97. The maximum absolute atomic E-state index is 4.85. The van der Waals surface area contributed by atoms with Crippen LogP contribution in [0.15, 0.2) is 36.9 Å². The minimum Gasteiger partial charge on any atom is -0.352 e. The van der Waals surface area contributed by atoms with Crippen molar-refractivity contribution in [3.63, 3.8) is 0 Å². The molecule has 4 heterocycles. The molecule has 4 rings (SSSR count). The summed E-state index contributed by atoms with van der Waals surface area (Å²) >= 11 is 0. The van der Waals surface area contributed by atoms with Crippen LogP contribution in [0.25, 0.3) is 11.4 Å². The molecule has 0 saturated carbocycles. The predicted octanol–water partition coefficient (Wildman–Crippen LogP) is 1.54. The van der Waals surface area contributed by atoms with Crippen molar-refractivity contribution in [1.29, 1.82) is 0 Å². The molecule has 0 fully saturated rings. The molecular weight excluding hydrogens is 302 g/mol. The van der Waals surface area contributed by atoms with E-state index in [-0.39, 0.29) is 0 Å². The van der Waals surface area contributed by atoms with Gasteiger partial charge in [-0.05, 0) is 25.1 Å². The molecule has 24 heavy (non-hydrogen) atoms. The molecule has 0 atom stereocenters. The summed E-state index contributed by atoms with van der Waals surface area (Å²) in [7, 11) is 2.05. The number of imidazole rings is 1. The van der Waals surface area contributed by atoms with Gasteiger partial charge in [0, 0.05) is 49.5 Å². The average Bonchev–Trinajstić information content (AvgIpc) is 3.14. The van der Waals surface area contributed by atoms with Crippen LogP contribution in [-0.2, 0) is 19.5 Å². The van der Waals surface area contributed by atoms with E-state index in [2.05, 4.69) is 25.2 Å². The Balaban J connectivity index is 1.76. The minimum atomic E-state index is 0.680. The van der Waals surface area contributed by atoms with Crippen molar-refractivity contribution >= 4 is 5.82 Å². The first kappa shape index (κ1) is 14.8. The molecule has 1 aliphatic heterocycles. The summed E-state index contributed by atoms with van der Waals surface area (Å²) in [5, 5.41) is 3.39. The molecule has 0 saturated heterocycles. The summed E-state index contributed by atoms with van der Waals surface area (Å²) in [6, 6.07) is 3.88. The van der Waals surface area contributed by atoms with Crippen molar-refractivity contribution in [3.05, 3.63) is 54.0 Å². The van der Waals surface area contributed by atoms with Gasteiger partial charge in [0.15, 0.2) is 5.82 Å². The van der Waals surface area contributed by atoms with E-state index in [1.165, 1.54) is 5.56 Å². The zero-order valence-electron chi connectivity index (χ0n) is 13.5. The van der Waals surface area contributed by atoms with E-state index in [1.54, 1.807) is 18.6 Å². The normalized spacial score (nSPS) is 13.5. The number of anilines is 1. The Morgan fingerprint density at radius 2 is 2.04 bits per heavy atom. The molecule has 0 aliphatic carbocycles. The van der Waals surface area contributed by atoms with Gasteiger partial charge >= 0.3 is 0 Å². The number of pyridine rings is 1. The van der Waals surface area contributed by atoms with Crippen molar-refractivity contribution in [3.8, 4) is 11.4 Å². The SMILES string of the molecule is CN(Cc1ncc[nH]1)c1nc(-c2ccncc2)nc2c1CCNC2. The minimum absolute atomic E-state index is 0.680. The first-order valence-corrected chi connectivity index (χ1v) is 8.01. The van der Waals surface area contributed by atoms with Gasteiger partial charge in [0.1, 0.15) is 11.6 Å². The molecule has 0 spiro atoms. The number of aromatic amines is 1. The van der Waals surface area contributed by atoms with Gasteiger partial charge < -0.3 is 15.2 Å². The number of rotatable bonds is 4. The van der Waals surface area contributed by atoms with E-state index in [1.807, 2.05) is 25.4 Å². The molecule has 0 aromatic carbocycles. The van der Waals surface area contributed by atoms with E-state index in [0.29, 0.717) is 6.54 Å². The van der Waals surface area contributed by atoms with Crippen LogP contribution in [0, 0.1) is 0 Å². The van der Waals surface area contributed by atoms with Crippen LogP contribution in [-0.4, -0.2) is 38.5 Å². The number of hydrogen-bond acceptors (Lipinski definition) is 6. The summed E-state index contributed by atoms with van der Waals surface area (Å²) in [6.45, 7) is 2.41. The molecule has 7 nitrogen and oxygen atoms in total. The second kappa shape index (κ2) is 6.37. The number of H-pyrrole nitrogens is 1. The van der Waals surface area contributed by atoms with Gasteiger partial charge in [-0.15, -0.1) is 0 Å². The van der Waals surface area contributed by atoms with Gasteiger partial charge in [0.05, 0.1) is 12.2 Å². The third-order valence-electron chi connectivity index (χ3n) is 4.16. The Bertz CT molecular complexity index is 814. The van der Waals surface area contributed by atoms with Crippen molar-refractivity contribution in [2.75, 3.05) is 18.5 Å². The zero-order chi connectivity index (χ0) is 16.4. The number of aromatic nitrogens is 5. The Labute approximate surface area is 140 Å². The van der Waals surface area contributed by atoms with Gasteiger partial charge in [0.25, 0.3) is 0 Å². The molecule has 7 heteroatoms. The molecule has 2 N–H and O–H groups in total. The number of hydrogen-bond donors (Lipinski definition) is 2. The van der Waals surface area contributed by atoms with Crippen molar-refractivity contribution in [1.82, 2.24) is 30.2 Å². The van der Waals surface area contributed by atoms with E-state index >= 15 is 0 Å². The first-order valence-electron chi connectivity index (χ1n) is 8.01. The molecule has 1 aliphatic rings. The average molecular weight is 321 g/mol. The second-order valence-corrected chi connectivity index (χ2v) is 5.85. The van der Waals surface area contributed by atoms with Gasteiger partial charge in [-0.25, -0.2) is 15.0 Å². The lowest BCUT2D eigenvalue weighted by atomic mass is 10.1. The van der Waals surface area contributed by atoms with Crippen molar-refractivity contribution in [2.24, 2.45) is 0 Å². The molecule has 0 bridgehead atoms. The van der Waals surface area contributed by atoms with Crippen LogP contribution in [0.3, 0.4) is 0 Å². The molecular formula is C17H19N7. The Morgan fingerprint density at radius 3 is 2.83 bits per heavy atom. The third kappa shape index (κ3) is 2.85. The van der Waals surface area contributed by atoms with Crippen LogP contribution in [0.5, 0.6) is 0 Å². The Hall–Kier alpha value is -2.80. The highest BCUT2D eigenvalue weighted by molar-refractivity contribution is 5.60. The summed E-state index contributed by atoms with van der Waals surface area (Å²) in [6.07, 6.45) is 8.07. The molecule has 0 unspecified atom stereocenters.